The Hall–Kier alpha value is -1.27. The van der Waals surface area contributed by atoms with Gasteiger partial charge in [0.1, 0.15) is 5.82 Å². The van der Waals surface area contributed by atoms with E-state index < -0.39 is 22.6 Å². The molecular weight excluding hydrogens is 271 g/mol. The van der Waals surface area contributed by atoms with E-state index in [1.807, 2.05) is 13.8 Å². The average molecular weight is 288 g/mol. The van der Waals surface area contributed by atoms with Gasteiger partial charge < -0.3 is 9.84 Å². The van der Waals surface area contributed by atoms with E-state index in [4.69, 9.17) is 9.84 Å². The molecule has 1 unspecified atom stereocenters. The molecular formula is C13H17FO4S. The molecule has 1 atom stereocenters. The Balaban J connectivity index is 2.66. The van der Waals surface area contributed by atoms with E-state index in [9.17, 15) is 13.4 Å². The Labute approximate surface area is 114 Å². The molecule has 0 bridgehead atoms. The second-order valence-corrected chi connectivity index (χ2v) is 6.01. The lowest BCUT2D eigenvalue weighted by molar-refractivity contribution is 0.0696. The number of aromatic carboxylic acids is 1. The predicted molar refractivity (Wildman–Crippen MR) is 70.3 cm³/mol. The number of carbonyl (C=O) groups is 1. The first-order valence-corrected chi connectivity index (χ1v) is 7.22. The third-order valence-corrected chi connectivity index (χ3v) is 3.63. The van der Waals surface area contributed by atoms with Crippen LogP contribution >= 0.6 is 0 Å². The molecule has 0 aliphatic carbocycles. The van der Waals surface area contributed by atoms with Crippen LogP contribution in [0.4, 0.5) is 4.39 Å². The molecule has 0 fully saturated rings. The van der Waals surface area contributed by atoms with E-state index in [2.05, 4.69) is 0 Å². The van der Waals surface area contributed by atoms with Crippen LogP contribution in [0.5, 0.6) is 0 Å². The molecule has 0 spiro atoms. The second-order valence-electron chi connectivity index (χ2n) is 4.47. The first-order chi connectivity index (χ1) is 8.91. The smallest absolute Gasteiger partial charge is 0.335 e. The molecule has 0 saturated heterocycles. The molecule has 0 amide bonds. The highest BCUT2D eigenvalue weighted by atomic mass is 32.2. The van der Waals surface area contributed by atoms with Crippen LogP contribution in [0.15, 0.2) is 23.1 Å². The van der Waals surface area contributed by atoms with Crippen LogP contribution in [0, 0.1) is 11.7 Å². The summed E-state index contributed by atoms with van der Waals surface area (Å²) in [7, 11) is -1.60. The molecule has 4 nitrogen and oxygen atoms in total. The molecule has 0 heterocycles. The van der Waals surface area contributed by atoms with Gasteiger partial charge in [-0.25, -0.2) is 9.18 Å². The van der Waals surface area contributed by atoms with E-state index >= 15 is 0 Å². The highest BCUT2D eigenvalue weighted by Gasteiger charge is 2.13. The summed E-state index contributed by atoms with van der Waals surface area (Å²) >= 11 is 0. The molecule has 6 heteroatoms. The summed E-state index contributed by atoms with van der Waals surface area (Å²) in [5.74, 6) is -1.31. The quantitative estimate of drug-likeness (QED) is 0.782. The number of halogens is 1. The maximum atomic E-state index is 13.5. The minimum Gasteiger partial charge on any atom is -0.478 e. The van der Waals surface area contributed by atoms with E-state index in [-0.39, 0.29) is 22.8 Å². The van der Waals surface area contributed by atoms with Crippen molar-refractivity contribution < 1.29 is 23.2 Å². The van der Waals surface area contributed by atoms with Gasteiger partial charge >= 0.3 is 5.97 Å². The van der Waals surface area contributed by atoms with Crippen molar-refractivity contribution in [1.29, 1.82) is 0 Å². The Kier molecular flexibility index (Phi) is 6.11. The first kappa shape index (κ1) is 15.8. The Morgan fingerprint density at radius 2 is 2.16 bits per heavy atom. The normalized spacial score (nSPS) is 12.6. The van der Waals surface area contributed by atoms with E-state index in [0.29, 0.717) is 12.5 Å². The Bertz CT molecular complexity index is 474. The zero-order valence-corrected chi connectivity index (χ0v) is 11.7. The van der Waals surface area contributed by atoms with Gasteiger partial charge in [0.2, 0.25) is 0 Å². The number of carboxylic acids is 1. The molecule has 0 saturated carbocycles. The fourth-order valence-electron chi connectivity index (χ4n) is 1.37. The molecule has 0 aromatic heterocycles. The molecule has 1 N–H and O–H groups in total. The molecule has 0 radical (unpaired) electrons. The largest absolute Gasteiger partial charge is 0.478 e. The lowest BCUT2D eigenvalue weighted by Crippen LogP contribution is -2.11. The van der Waals surface area contributed by atoms with E-state index in [0.717, 1.165) is 18.2 Å². The zero-order chi connectivity index (χ0) is 14.4. The van der Waals surface area contributed by atoms with Gasteiger partial charge in [0.05, 0.1) is 33.6 Å². The van der Waals surface area contributed by atoms with Crippen molar-refractivity contribution in [2.45, 2.75) is 18.7 Å². The predicted octanol–water partition coefficient (Wildman–Crippen LogP) is 2.30. The summed E-state index contributed by atoms with van der Waals surface area (Å²) in [6, 6.07) is 3.27. The standard InChI is InChI=1S/C13H17FO4S/c1-9(2)8-18-5-6-19(17)12-7-10(13(15)16)3-4-11(12)14/h3-4,7,9H,5-6,8H2,1-2H3,(H,15,16). The zero-order valence-electron chi connectivity index (χ0n) is 10.9. The summed E-state index contributed by atoms with van der Waals surface area (Å²) in [4.78, 5) is 10.7. The first-order valence-electron chi connectivity index (χ1n) is 5.90. The van der Waals surface area contributed by atoms with Crippen molar-refractivity contribution >= 4 is 16.8 Å². The fourth-order valence-corrected chi connectivity index (χ4v) is 2.41. The summed E-state index contributed by atoms with van der Waals surface area (Å²) in [6.07, 6.45) is 0. The van der Waals surface area contributed by atoms with Gasteiger partial charge in [-0.2, -0.15) is 0 Å². The maximum absolute atomic E-state index is 13.5. The minimum absolute atomic E-state index is 0.0761. The third-order valence-electron chi connectivity index (χ3n) is 2.29. The molecule has 1 aromatic rings. The molecule has 0 aliphatic heterocycles. The number of hydrogen-bond donors (Lipinski definition) is 1. The maximum Gasteiger partial charge on any atom is 0.335 e. The van der Waals surface area contributed by atoms with Crippen molar-refractivity contribution in [3.05, 3.63) is 29.6 Å². The molecule has 19 heavy (non-hydrogen) atoms. The van der Waals surface area contributed by atoms with Crippen LogP contribution in [0.2, 0.25) is 0 Å². The van der Waals surface area contributed by atoms with Gasteiger partial charge in [-0.1, -0.05) is 13.8 Å². The number of carboxylic acid groups (broad SMARTS) is 1. The topological polar surface area (TPSA) is 63.6 Å². The summed E-state index contributed by atoms with van der Waals surface area (Å²) in [5.41, 5.74) is -0.0761. The summed E-state index contributed by atoms with van der Waals surface area (Å²) in [5, 5.41) is 8.81. The summed E-state index contributed by atoms with van der Waals surface area (Å²) < 4.78 is 30.7. The van der Waals surface area contributed by atoms with Crippen molar-refractivity contribution in [1.82, 2.24) is 0 Å². The SMILES string of the molecule is CC(C)COCCS(=O)c1cc(C(=O)O)ccc1F. The van der Waals surface area contributed by atoms with Gasteiger partial charge in [0, 0.05) is 6.61 Å². The van der Waals surface area contributed by atoms with Crippen LogP contribution in [0.3, 0.4) is 0 Å². The number of rotatable bonds is 7. The highest BCUT2D eigenvalue weighted by molar-refractivity contribution is 7.85. The Morgan fingerprint density at radius 3 is 2.74 bits per heavy atom. The van der Waals surface area contributed by atoms with Crippen LogP contribution in [0.25, 0.3) is 0 Å². The second kappa shape index (κ2) is 7.35. The van der Waals surface area contributed by atoms with Gasteiger partial charge in [-0.3, -0.25) is 4.21 Å². The third kappa shape index (κ3) is 5.08. The van der Waals surface area contributed by atoms with Crippen molar-refractivity contribution in [3.8, 4) is 0 Å². The molecule has 0 aliphatic rings. The highest BCUT2D eigenvalue weighted by Crippen LogP contribution is 2.15. The lowest BCUT2D eigenvalue weighted by Gasteiger charge is -2.07. The fraction of sp³-hybridized carbons (Fsp3) is 0.462. The molecule has 106 valence electrons. The van der Waals surface area contributed by atoms with Gasteiger partial charge in [0.15, 0.2) is 0 Å². The molecule has 1 aromatic carbocycles. The number of benzene rings is 1. The number of ether oxygens (including phenoxy) is 1. The van der Waals surface area contributed by atoms with Gasteiger partial charge in [-0.05, 0) is 24.1 Å². The van der Waals surface area contributed by atoms with Crippen LogP contribution < -0.4 is 0 Å². The number of hydrogen-bond acceptors (Lipinski definition) is 3. The lowest BCUT2D eigenvalue weighted by atomic mass is 10.2. The van der Waals surface area contributed by atoms with Crippen molar-refractivity contribution in [2.24, 2.45) is 5.92 Å². The summed E-state index contributed by atoms with van der Waals surface area (Å²) in [6.45, 7) is 4.79. The van der Waals surface area contributed by atoms with Crippen LogP contribution in [-0.2, 0) is 15.5 Å². The monoisotopic (exact) mass is 288 g/mol. The van der Waals surface area contributed by atoms with Crippen LogP contribution in [-0.4, -0.2) is 34.3 Å². The average Bonchev–Trinajstić information content (AvgIpc) is 2.34. The van der Waals surface area contributed by atoms with Crippen LogP contribution in [0.1, 0.15) is 24.2 Å². The van der Waals surface area contributed by atoms with Gasteiger partial charge in [-0.15, -0.1) is 0 Å². The van der Waals surface area contributed by atoms with Gasteiger partial charge in [0.25, 0.3) is 0 Å². The minimum atomic E-state index is -1.60. The van der Waals surface area contributed by atoms with E-state index in [1.54, 1.807) is 0 Å². The Morgan fingerprint density at radius 1 is 1.47 bits per heavy atom. The van der Waals surface area contributed by atoms with E-state index in [1.165, 1.54) is 0 Å². The molecule has 1 rings (SSSR count). The van der Waals surface area contributed by atoms with Crippen molar-refractivity contribution in [3.63, 3.8) is 0 Å². The van der Waals surface area contributed by atoms with Crippen molar-refractivity contribution in [2.75, 3.05) is 19.0 Å².